The lowest BCUT2D eigenvalue weighted by Crippen LogP contribution is -1.95. The molecule has 0 radical (unpaired) electrons. The molecule has 0 aliphatic heterocycles. The van der Waals surface area contributed by atoms with Gasteiger partial charge in [-0.05, 0) is 53.9 Å². The van der Waals surface area contributed by atoms with Crippen LogP contribution in [-0.2, 0) is 6.54 Å². The second kappa shape index (κ2) is 13.9. The fraction of sp³-hybridized carbons (Fsp3) is 0.179. The highest BCUT2D eigenvalue weighted by Crippen LogP contribution is 2.17. The summed E-state index contributed by atoms with van der Waals surface area (Å²) in [7, 11) is 0. The summed E-state index contributed by atoms with van der Waals surface area (Å²) in [6.45, 7) is 15.5. The van der Waals surface area contributed by atoms with Gasteiger partial charge in [-0.1, -0.05) is 93.3 Å². The number of benzene rings is 3. The first kappa shape index (κ1) is 24.8. The zero-order valence-corrected chi connectivity index (χ0v) is 18.7. The van der Waals surface area contributed by atoms with Crippen molar-refractivity contribution in [2.45, 2.75) is 34.2 Å². The highest BCUT2D eigenvalue weighted by molar-refractivity contribution is 5.83. The quantitative estimate of drug-likeness (QED) is 0.354. The largest absolute Gasteiger partial charge is 0.326 e. The number of aromatic nitrogens is 1. The van der Waals surface area contributed by atoms with Crippen LogP contribution < -0.4 is 5.73 Å². The average Bonchev–Trinajstić information content (AvgIpc) is 2.81. The van der Waals surface area contributed by atoms with Crippen LogP contribution in [0.4, 0.5) is 0 Å². The number of pyridine rings is 1. The summed E-state index contributed by atoms with van der Waals surface area (Å²) >= 11 is 0. The number of nitrogens with zero attached hydrogens (tertiary/aromatic N) is 1. The molecule has 0 fully saturated rings. The Labute approximate surface area is 181 Å². The van der Waals surface area contributed by atoms with Crippen molar-refractivity contribution in [1.29, 1.82) is 0 Å². The smallest absolute Gasteiger partial charge is 0.0704 e. The summed E-state index contributed by atoms with van der Waals surface area (Å²) < 4.78 is 0. The molecule has 30 heavy (non-hydrogen) atoms. The number of hydrogen-bond acceptors (Lipinski definition) is 2. The minimum Gasteiger partial charge on any atom is -0.326 e. The Hall–Kier alpha value is -3.23. The van der Waals surface area contributed by atoms with Crippen LogP contribution in [0.1, 0.15) is 30.5 Å². The van der Waals surface area contributed by atoms with Crippen LogP contribution in [0.2, 0.25) is 0 Å². The number of fused-ring (bicyclic) bond motifs is 2. The van der Waals surface area contributed by atoms with E-state index in [1.165, 1.54) is 32.8 Å². The molecular weight excluding hydrogens is 364 g/mol. The van der Waals surface area contributed by atoms with Gasteiger partial charge in [0.05, 0.1) is 5.52 Å². The molecular formula is C28H34N2. The zero-order chi connectivity index (χ0) is 22.4. The molecule has 0 unspecified atom stereocenters. The van der Waals surface area contributed by atoms with Crippen LogP contribution in [0.15, 0.2) is 98.2 Å². The second-order valence-corrected chi connectivity index (χ2v) is 6.51. The maximum absolute atomic E-state index is 5.58. The fourth-order valence-electron chi connectivity index (χ4n) is 2.80. The number of rotatable bonds is 2. The normalized spacial score (nSPS) is 9.23. The van der Waals surface area contributed by atoms with E-state index >= 15 is 0 Å². The van der Waals surface area contributed by atoms with Gasteiger partial charge < -0.3 is 5.73 Å². The molecule has 156 valence electrons. The molecule has 0 aliphatic carbocycles. The predicted molar refractivity (Wildman–Crippen MR) is 135 cm³/mol. The number of hydrogen-bond donors (Lipinski definition) is 1. The van der Waals surface area contributed by atoms with E-state index in [-0.39, 0.29) is 0 Å². The summed E-state index contributed by atoms with van der Waals surface area (Å²) in [6, 6.07) is 23.0. The van der Waals surface area contributed by atoms with Crippen molar-refractivity contribution in [1.82, 2.24) is 4.98 Å². The van der Waals surface area contributed by atoms with Gasteiger partial charge in [-0.3, -0.25) is 4.98 Å². The Balaban J connectivity index is 0.000000241. The third kappa shape index (κ3) is 7.65. The van der Waals surface area contributed by atoms with Gasteiger partial charge in [0.25, 0.3) is 0 Å². The molecule has 0 atom stereocenters. The van der Waals surface area contributed by atoms with Gasteiger partial charge in [0.2, 0.25) is 0 Å². The summed E-state index contributed by atoms with van der Waals surface area (Å²) in [5.41, 5.74) is 10.4. The first-order valence-corrected chi connectivity index (χ1v) is 10.3. The van der Waals surface area contributed by atoms with Crippen molar-refractivity contribution in [3.8, 4) is 0 Å². The second-order valence-electron chi connectivity index (χ2n) is 6.51. The van der Waals surface area contributed by atoms with E-state index in [0.717, 1.165) is 5.52 Å². The maximum Gasteiger partial charge on any atom is 0.0704 e. The summed E-state index contributed by atoms with van der Waals surface area (Å²) in [4.78, 5) is 4.24. The first-order valence-electron chi connectivity index (χ1n) is 10.3. The minimum absolute atomic E-state index is 0.615. The van der Waals surface area contributed by atoms with Crippen molar-refractivity contribution in [2.75, 3.05) is 0 Å². The maximum atomic E-state index is 5.58. The van der Waals surface area contributed by atoms with Crippen molar-refractivity contribution in [2.24, 2.45) is 5.73 Å². The van der Waals surface area contributed by atoms with E-state index in [0.29, 0.717) is 6.54 Å². The number of aryl methyl sites for hydroxylation is 2. The van der Waals surface area contributed by atoms with E-state index in [1.807, 2.05) is 38.2 Å². The Kier molecular flexibility index (Phi) is 11.5. The van der Waals surface area contributed by atoms with Crippen molar-refractivity contribution in [3.05, 3.63) is 115 Å². The fourth-order valence-corrected chi connectivity index (χ4v) is 2.80. The standard InChI is InChI=1S/C12H13N.C10H9N.C4H6.C2H6/c1-9-2-4-11-5-3-10(8-13)7-12(11)6-9;1-8-4-2-6-10-9(8)5-3-7-11-10;1-3-4-2;1-2/h2-7H,8,13H2,1H3;2-7H,1H3;3-4H,1-2H2;1-2H3. The van der Waals surface area contributed by atoms with Crippen molar-refractivity contribution in [3.63, 3.8) is 0 Å². The number of nitrogens with two attached hydrogens (primary N) is 1. The van der Waals surface area contributed by atoms with Crippen LogP contribution in [0.3, 0.4) is 0 Å². The van der Waals surface area contributed by atoms with E-state index in [9.17, 15) is 0 Å². The van der Waals surface area contributed by atoms with Gasteiger partial charge in [-0.2, -0.15) is 0 Å². The molecule has 0 saturated carbocycles. The van der Waals surface area contributed by atoms with Crippen LogP contribution >= 0.6 is 0 Å². The molecule has 2 N–H and O–H groups in total. The Morgan fingerprint density at radius 1 is 0.833 bits per heavy atom. The first-order chi connectivity index (χ1) is 14.6. The summed E-state index contributed by atoms with van der Waals surface area (Å²) in [6.07, 6.45) is 5.10. The van der Waals surface area contributed by atoms with Gasteiger partial charge in [0.15, 0.2) is 0 Å². The number of allylic oxidation sites excluding steroid dienone is 2. The molecule has 2 heteroatoms. The lowest BCUT2D eigenvalue weighted by atomic mass is 10.0. The molecule has 0 saturated heterocycles. The highest BCUT2D eigenvalue weighted by atomic mass is 14.6. The van der Waals surface area contributed by atoms with E-state index in [4.69, 9.17) is 5.73 Å². The third-order valence-electron chi connectivity index (χ3n) is 4.33. The Morgan fingerprint density at radius 3 is 2.17 bits per heavy atom. The topological polar surface area (TPSA) is 38.9 Å². The van der Waals surface area contributed by atoms with Crippen LogP contribution in [0.25, 0.3) is 21.7 Å². The Bertz CT molecular complexity index is 1050. The van der Waals surface area contributed by atoms with Gasteiger partial charge in [-0.15, -0.1) is 0 Å². The molecule has 4 rings (SSSR count). The molecule has 3 aromatic carbocycles. The molecule has 1 aromatic heterocycles. The van der Waals surface area contributed by atoms with E-state index < -0.39 is 0 Å². The Morgan fingerprint density at radius 2 is 1.53 bits per heavy atom. The highest BCUT2D eigenvalue weighted by Gasteiger charge is 1.95. The monoisotopic (exact) mass is 398 g/mol. The molecule has 2 nitrogen and oxygen atoms in total. The molecule has 0 bridgehead atoms. The van der Waals surface area contributed by atoms with Crippen LogP contribution in [-0.4, -0.2) is 4.98 Å². The molecule has 0 aliphatic rings. The van der Waals surface area contributed by atoms with Gasteiger partial charge >= 0.3 is 0 Å². The molecule has 1 heterocycles. The van der Waals surface area contributed by atoms with E-state index in [2.05, 4.69) is 80.5 Å². The average molecular weight is 399 g/mol. The SMILES string of the molecule is C=CC=C.CC.Cc1ccc2ccc(CN)cc2c1.Cc1cccc2ncccc12. The predicted octanol–water partition coefficient (Wildman–Crippen LogP) is 7.53. The molecule has 0 spiro atoms. The zero-order valence-electron chi connectivity index (χ0n) is 18.7. The van der Waals surface area contributed by atoms with Gasteiger partial charge in [0.1, 0.15) is 0 Å². The van der Waals surface area contributed by atoms with Crippen LogP contribution in [0, 0.1) is 13.8 Å². The third-order valence-corrected chi connectivity index (χ3v) is 4.33. The van der Waals surface area contributed by atoms with Crippen LogP contribution in [0.5, 0.6) is 0 Å². The minimum atomic E-state index is 0.615. The van der Waals surface area contributed by atoms with Gasteiger partial charge in [0, 0.05) is 18.1 Å². The molecule has 0 amide bonds. The summed E-state index contributed by atoms with van der Waals surface area (Å²) in [5, 5.41) is 3.81. The van der Waals surface area contributed by atoms with Gasteiger partial charge in [-0.25, -0.2) is 0 Å². The summed E-state index contributed by atoms with van der Waals surface area (Å²) in [5.74, 6) is 0. The van der Waals surface area contributed by atoms with Crippen molar-refractivity contribution < 1.29 is 0 Å². The lowest BCUT2D eigenvalue weighted by Gasteiger charge is -2.01. The lowest BCUT2D eigenvalue weighted by molar-refractivity contribution is 1.08. The van der Waals surface area contributed by atoms with E-state index in [1.54, 1.807) is 12.2 Å². The van der Waals surface area contributed by atoms with Crippen molar-refractivity contribution >= 4 is 21.7 Å². The molecule has 4 aromatic rings.